The number of benzene rings is 1. The van der Waals surface area contributed by atoms with Gasteiger partial charge in [0, 0.05) is 16.5 Å². The van der Waals surface area contributed by atoms with Crippen molar-refractivity contribution < 1.29 is 13.6 Å². The van der Waals surface area contributed by atoms with Crippen molar-refractivity contribution in [1.82, 2.24) is 0 Å². The molecule has 0 atom stereocenters. The van der Waals surface area contributed by atoms with Gasteiger partial charge in [-0.25, -0.2) is 8.78 Å². The molecular weight excluding hydrogens is 406 g/mol. The molecule has 0 bridgehead atoms. The lowest BCUT2D eigenvalue weighted by molar-refractivity contribution is 0.103. The normalized spacial score (nSPS) is 10.6. The number of nitriles is 1. The van der Waals surface area contributed by atoms with Gasteiger partial charge in [-0.15, -0.1) is 34.4 Å². The number of thioether (sulfide) groups is 1. The molecule has 0 aliphatic heterocycles. The molecule has 0 unspecified atom stereocenters. The molecule has 8 heteroatoms. The van der Waals surface area contributed by atoms with Gasteiger partial charge in [-0.1, -0.05) is 13.0 Å². The zero-order chi connectivity index (χ0) is 19.4. The smallest absolute Gasteiger partial charge is 0.266 e. The van der Waals surface area contributed by atoms with Crippen LogP contribution in [0.15, 0.2) is 39.9 Å². The van der Waals surface area contributed by atoms with Crippen LogP contribution < -0.4 is 5.32 Å². The second-order valence-electron chi connectivity index (χ2n) is 5.48. The van der Waals surface area contributed by atoms with Crippen LogP contribution in [-0.4, -0.2) is 11.7 Å². The summed E-state index contributed by atoms with van der Waals surface area (Å²) >= 11 is 4.18. The predicted octanol–water partition coefficient (Wildman–Crippen LogP) is 6.38. The van der Waals surface area contributed by atoms with Crippen molar-refractivity contribution >= 4 is 46.0 Å². The van der Waals surface area contributed by atoms with Crippen LogP contribution in [-0.2, 0) is 0 Å². The molecule has 1 aromatic carbocycles. The Bertz CT molecular complexity index is 1010. The summed E-state index contributed by atoms with van der Waals surface area (Å²) in [6.07, 6.45) is 0.935. The first-order chi connectivity index (χ1) is 13.0. The van der Waals surface area contributed by atoms with Crippen LogP contribution >= 0.6 is 34.4 Å². The summed E-state index contributed by atoms with van der Waals surface area (Å²) in [5.41, 5.74) is 0.926. The minimum atomic E-state index is -0.848. The summed E-state index contributed by atoms with van der Waals surface area (Å²) in [5.74, 6) is -1.26. The lowest BCUT2D eigenvalue weighted by atomic mass is 10.1. The van der Waals surface area contributed by atoms with Crippen molar-refractivity contribution in [3.63, 3.8) is 0 Å². The summed E-state index contributed by atoms with van der Waals surface area (Å²) in [4.78, 5) is 14.0. The highest BCUT2D eigenvalue weighted by Gasteiger charge is 2.25. The summed E-state index contributed by atoms with van der Waals surface area (Å²) in [7, 11) is 0. The van der Waals surface area contributed by atoms with E-state index < -0.39 is 17.5 Å². The van der Waals surface area contributed by atoms with E-state index in [0.717, 1.165) is 27.3 Å². The van der Waals surface area contributed by atoms with Crippen molar-refractivity contribution in [2.45, 2.75) is 17.6 Å². The number of rotatable bonds is 6. The molecule has 0 aliphatic rings. The number of nitrogens with one attached hydrogen (secondary N) is 1. The standard InChI is InChI=1S/C19H14F2N2OS3/c1-2-7-26-19-12(10-22)16(15-4-3-8-25-15)17(27-19)18(24)23-14-6-5-11(20)9-13(14)21/h3-6,8-9H,2,7H2,1H3,(H,23,24). The van der Waals surface area contributed by atoms with Crippen LogP contribution in [0.4, 0.5) is 14.5 Å². The lowest BCUT2D eigenvalue weighted by Crippen LogP contribution is -2.12. The van der Waals surface area contributed by atoms with Crippen molar-refractivity contribution in [2.24, 2.45) is 0 Å². The van der Waals surface area contributed by atoms with Crippen molar-refractivity contribution in [3.8, 4) is 16.5 Å². The molecule has 1 N–H and O–H groups in total. The molecule has 1 amide bonds. The molecular formula is C19H14F2N2OS3. The minimum absolute atomic E-state index is 0.104. The molecule has 0 aliphatic carbocycles. The number of thiophene rings is 2. The van der Waals surface area contributed by atoms with Crippen LogP contribution in [0.25, 0.3) is 10.4 Å². The topological polar surface area (TPSA) is 52.9 Å². The summed E-state index contributed by atoms with van der Waals surface area (Å²) in [6, 6.07) is 8.88. The molecule has 27 heavy (non-hydrogen) atoms. The van der Waals surface area contributed by atoms with Crippen molar-refractivity contribution in [1.29, 1.82) is 5.26 Å². The predicted molar refractivity (Wildman–Crippen MR) is 108 cm³/mol. The van der Waals surface area contributed by atoms with Gasteiger partial charge in [-0.05, 0) is 35.8 Å². The van der Waals surface area contributed by atoms with Gasteiger partial charge in [-0.2, -0.15) is 5.26 Å². The van der Waals surface area contributed by atoms with Gasteiger partial charge >= 0.3 is 0 Å². The molecule has 0 saturated carbocycles. The third kappa shape index (κ3) is 4.21. The van der Waals surface area contributed by atoms with Gasteiger partial charge in [0.2, 0.25) is 0 Å². The third-order valence-corrected chi connectivity index (χ3v) is 7.13. The molecule has 0 spiro atoms. The Labute approximate surface area is 167 Å². The quantitative estimate of drug-likeness (QED) is 0.471. The zero-order valence-electron chi connectivity index (χ0n) is 14.2. The monoisotopic (exact) mass is 420 g/mol. The highest BCUT2D eigenvalue weighted by molar-refractivity contribution is 8.01. The largest absolute Gasteiger partial charge is 0.319 e. The van der Waals surface area contributed by atoms with Crippen molar-refractivity contribution in [3.05, 3.63) is 57.8 Å². The van der Waals surface area contributed by atoms with Gasteiger partial charge in [-0.3, -0.25) is 4.79 Å². The zero-order valence-corrected chi connectivity index (χ0v) is 16.7. The van der Waals surface area contributed by atoms with Crippen LogP contribution in [0.3, 0.4) is 0 Å². The Hall–Kier alpha value is -2.21. The minimum Gasteiger partial charge on any atom is -0.319 e. The third-order valence-electron chi connectivity index (χ3n) is 3.58. The Morgan fingerprint density at radius 3 is 2.78 bits per heavy atom. The van der Waals surface area contributed by atoms with Crippen LogP contribution in [0.5, 0.6) is 0 Å². The van der Waals surface area contributed by atoms with Gasteiger partial charge in [0.05, 0.1) is 15.5 Å². The first-order valence-electron chi connectivity index (χ1n) is 8.05. The second kappa shape index (κ2) is 8.65. The molecule has 2 heterocycles. The summed E-state index contributed by atoms with van der Waals surface area (Å²) in [6.45, 7) is 2.04. The van der Waals surface area contributed by atoms with Crippen LogP contribution in [0.1, 0.15) is 28.6 Å². The van der Waals surface area contributed by atoms with E-state index >= 15 is 0 Å². The highest BCUT2D eigenvalue weighted by Crippen LogP contribution is 2.43. The number of carbonyl (C=O) groups is 1. The first kappa shape index (κ1) is 19.5. The maximum absolute atomic E-state index is 13.9. The Balaban J connectivity index is 2.04. The number of hydrogen-bond donors (Lipinski definition) is 1. The van der Waals surface area contributed by atoms with Gasteiger partial charge in [0.15, 0.2) is 0 Å². The van der Waals surface area contributed by atoms with Crippen LogP contribution in [0.2, 0.25) is 0 Å². The number of anilines is 1. The van der Waals surface area contributed by atoms with Gasteiger partial charge in [0.25, 0.3) is 5.91 Å². The van der Waals surface area contributed by atoms with E-state index in [0.29, 0.717) is 22.1 Å². The Kier molecular flexibility index (Phi) is 6.26. The van der Waals surface area contributed by atoms with Gasteiger partial charge in [0.1, 0.15) is 22.6 Å². The van der Waals surface area contributed by atoms with E-state index in [2.05, 4.69) is 11.4 Å². The van der Waals surface area contributed by atoms with E-state index in [1.165, 1.54) is 40.5 Å². The molecule has 3 nitrogen and oxygen atoms in total. The molecule has 0 saturated heterocycles. The van der Waals surface area contributed by atoms with Crippen LogP contribution in [0, 0.1) is 23.0 Å². The summed E-state index contributed by atoms with van der Waals surface area (Å²) < 4.78 is 27.8. The molecule has 138 valence electrons. The highest BCUT2D eigenvalue weighted by atomic mass is 32.2. The van der Waals surface area contributed by atoms with E-state index in [1.807, 2.05) is 24.4 Å². The SMILES string of the molecule is CCCSc1sc(C(=O)Nc2ccc(F)cc2F)c(-c2cccs2)c1C#N. The molecule has 0 fully saturated rings. The first-order valence-corrected chi connectivity index (χ1v) is 10.7. The number of carbonyl (C=O) groups excluding carboxylic acids is 1. The van der Waals surface area contributed by atoms with E-state index in [4.69, 9.17) is 0 Å². The van der Waals surface area contributed by atoms with E-state index in [-0.39, 0.29) is 5.69 Å². The fourth-order valence-corrected chi connectivity index (χ4v) is 5.55. The number of nitrogens with zero attached hydrogens (tertiary/aromatic N) is 1. The average molecular weight is 421 g/mol. The van der Waals surface area contributed by atoms with Crippen molar-refractivity contribution in [2.75, 3.05) is 11.1 Å². The number of amides is 1. The average Bonchev–Trinajstić information content (AvgIpc) is 3.29. The maximum atomic E-state index is 13.9. The second-order valence-corrected chi connectivity index (χ2v) is 8.82. The maximum Gasteiger partial charge on any atom is 0.266 e. The molecule has 3 rings (SSSR count). The molecule has 3 aromatic rings. The number of hydrogen-bond acceptors (Lipinski definition) is 5. The van der Waals surface area contributed by atoms with Gasteiger partial charge < -0.3 is 5.32 Å². The Morgan fingerprint density at radius 2 is 2.15 bits per heavy atom. The lowest BCUT2D eigenvalue weighted by Gasteiger charge is -2.07. The van der Waals surface area contributed by atoms with E-state index in [1.54, 1.807) is 0 Å². The summed E-state index contributed by atoms with van der Waals surface area (Å²) in [5, 5.41) is 14.0. The van der Waals surface area contributed by atoms with E-state index in [9.17, 15) is 18.8 Å². The molecule has 0 radical (unpaired) electrons. The fraction of sp³-hybridized carbons (Fsp3) is 0.158. The fourth-order valence-electron chi connectivity index (χ4n) is 2.39. The Morgan fingerprint density at radius 1 is 1.33 bits per heavy atom. The number of halogens is 2. The molecule has 2 aromatic heterocycles.